The predicted octanol–water partition coefficient (Wildman–Crippen LogP) is 3.22. The standard InChI is InChI=1S/C20H32N2O3/c1-14-8-6-7-9-18(14)21-20(23)15(2)22(3)13-16-10-11-17(24-4)12-19(16)25-5/h10-12,14-15,18H,6-9,13H2,1-5H3,(H,21,23)/t14-,15+,18+/m0/s1. The first-order valence-corrected chi connectivity index (χ1v) is 9.17. The largest absolute Gasteiger partial charge is 0.497 e. The Morgan fingerprint density at radius 3 is 2.64 bits per heavy atom. The zero-order valence-corrected chi connectivity index (χ0v) is 16.2. The molecule has 5 heteroatoms. The van der Waals surface area contributed by atoms with Gasteiger partial charge in [0.2, 0.25) is 5.91 Å². The molecular weight excluding hydrogens is 316 g/mol. The molecule has 1 fully saturated rings. The predicted molar refractivity (Wildman–Crippen MR) is 100 cm³/mol. The molecule has 0 unspecified atom stereocenters. The monoisotopic (exact) mass is 348 g/mol. The van der Waals surface area contributed by atoms with Crippen LogP contribution in [0.25, 0.3) is 0 Å². The number of nitrogens with zero attached hydrogens (tertiary/aromatic N) is 1. The Morgan fingerprint density at radius 2 is 2.00 bits per heavy atom. The van der Waals surface area contributed by atoms with E-state index in [4.69, 9.17) is 9.47 Å². The molecule has 0 saturated heterocycles. The zero-order chi connectivity index (χ0) is 18.4. The third-order valence-corrected chi connectivity index (χ3v) is 5.39. The van der Waals surface area contributed by atoms with Gasteiger partial charge in [-0.25, -0.2) is 0 Å². The molecule has 0 radical (unpaired) electrons. The van der Waals surface area contributed by atoms with Crippen LogP contribution in [0.5, 0.6) is 11.5 Å². The second-order valence-electron chi connectivity index (χ2n) is 7.15. The van der Waals surface area contributed by atoms with E-state index in [1.807, 2.05) is 37.1 Å². The van der Waals surface area contributed by atoms with Gasteiger partial charge in [0, 0.05) is 24.2 Å². The summed E-state index contributed by atoms with van der Waals surface area (Å²) in [6, 6.07) is 5.90. The molecule has 1 saturated carbocycles. The van der Waals surface area contributed by atoms with Crippen molar-refractivity contribution in [3.8, 4) is 11.5 Å². The lowest BCUT2D eigenvalue weighted by atomic mass is 9.86. The summed E-state index contributed by atoms with van der Waals surface area (Å²) in [5.41, 5.74) is 1.04. The molecule has 0 aromatic heterocycles. The van der Waals surface area contributed by atoms with E-state index in [-0.39, 0.29) is 11.9 Å². The summed E-state index contributed by atoms with van der Waals surface area (Å²) in [4.78, 5) is 14.7. The van der Waals surface area contributed by atoms with Crippen LogP contribution in [0.3, 0.4) is 0 Å². The minimum Gasteiger partial charge on any atom is -0.497 e. The van der Waals surface area contributed by atoms with Crippen LogP contribution in [0.1, 0.15) is 45.1 Å². The lowest BCUT2D eigenvalue weighted by Gasteiger charge is -2.32. The van der Waals surface area contributed by atoms with E-state index >= 15 is 0 Å². The second-order valence-corrected chi connectivity index (χ2v) is 7.15. The van der Waals surface area contributed by atoms with Crippen molar-refractivity contribution in [1.29, 1.82) is 0 Å². The molecule has 0 heterocycles. The van der Waals surface area contributed by atoms with Crippen LogP contribution in [-0.2, 0) is 11.3 Å². The van der Waals surface area contributed by atoms with Gasteiger partial charge in [-0.3, -0.25) is 9.69 Å². The summed E-state index contributed by atoms with van der Waals surface area (Å²) in [6.45, 7) is 4.83. The van der Waals surface area contributed by atoms with Crippen LogP contribution >= 0.6 is 0 Å². The van der Waals surface area contributed by atoms with E-state index in [2.05, 4.69) is 12.2 Å². The van der Waals surface area contributed by atoms with Crippen molar-refractivity contribution in [2.24, 2.45) is 5.92 Å². The highest BCUT2D eigenvalue weighted by atomic mass is 16.5. The third kappa shape index (κ3) is 5.11. The van der Waals surface area contributed by atoms with Gasteiger partial charge >= 0.3 is 0 Å². The number of carbonyl (C=O) groups is 1. The lowest BCUT2D eigenvalue weighted by Crippen LogP contribution is -2.49. The van der Waals surface area contributed by atoms with Crippen molar-refractivity contribution in [2.75, 3.05) is 21.3 Å². The van der Waals surface area contributed by atoms with Gasteiger partial charge in [-0.1, -0.05) is 25.8 Å². The summed E-state index contributed by atoms with van der Waals surface area (Å²) in [5.74, 6) is 2.21. The highest BCUT2D eigenvalue weighted by Gasteiger charge is 2.26. The van der Waals surface area contributed by atoms with Gasteiger partial charge in [-0.15, -0.1) is 0 Å². The number of carbonyl (C=O) groups excluding carboxylic acids is 1. The fraction of sp³-hybridized carbons (Fsp3) is 0.650. The van der Waals surface area contributed by atoms with Crippen LogP contribution in [0.4, 0.5) is 0 Å². The van der Waals surface area contributed by atoms with Gasteiger partial charge in [0.1, 0.15) is 11.5 Å². The number of likely N-dealkylation sites (N-methyl/N-ethyl adjacent to an activating group) is 1. The van der Waals surface area contributed by atoms with Gasteiger partial charge < -0.3 is 14.8 Å². The molecule has 1 aromatic carbocycles. The molecule has 1 aromatic rings. The number of nitrogens with one attached hydrogen (secondary N) is 1. The van der Waals surface area contributed by atoms with E-state index in [9.17, 15) is 4.79 Å². The number of hydrogen-bond donors (Lipinski definition) is 1. The highest BCUT2D eigenvalue weighted by molar-refractivity contribution is 5.81. The maximum atomic E-state index is 12.6. The summed E-state index contributed by atoms with van der Waals surface area (Å²) >= 11 is 0. The van der Waals surface area contributed by atoms with Gasteiger partial charge in [0.15, 0.2) is 0 Å². The highest BCUT2D eigenvalue weighted by Crippen LogP contribution is 2.26. The maximum Gasteiger partial charge on any atom is 0.237 e. The second kappa shape index (κ2) is 9.09. The number of hydrogen-bond acceptors (Lipinski definition) is 4. The van der Waals surface area contributed by atoms with Crippen LogP contribution in [0.2, 0.25) is 0 Å². The van der Waals surface area contributed by atoms with Gasteiger partial charge in [-0.2, -0.15) is 0 Å². The molecular formula is C20H32N2O3. The summed E-state index contributed by atoms with van der Waals surface area (Å²) in [6.07, 6.45) is 4.79. The molecule has 0 bridgehead atoms. The summed E-state index contributed by atoms with van der Waals surface area (Å²) in [5, 5.41) is 3.25. The van der Waals surface area contributed by atoms with E-state index in [1.165, 1.54) is 19.3 Å². The minimum atomic E-state index is -0.194. The molecule has 25 heavy (non-hydrogen) atoms. The molecule has 5 nitrogen and oxygen atoms in total. The Balaban J connectivity index is 1.97. The van der Waals surface area contributed by atoms with E-state index < -0.39 is 0 Å². The number of methoxy groups -OCH3 is 2. The lowest BCUT2D eigenvalue weighted by molar-refractivity contribution is -0.126. The Labute approximate surface area is 151 Å². The normalized spacial score (nSPS) is 21.7. The third-order valence-electron chi connectivity index (χ3n) is 5.39. The van der Waals surface area contributed by atoms with Crippen LogP contribution in [-0.4, -0.2) is 44.2 Å². The smallest absolute Gasteiger partial charge is 0.237 e. The van der Waals surface area contributed by atoms with Crippen LogP contribution in [0.15, 0.2) is 18.2 Å². The molecule has 0 aliphatic heterocycles. The molecule has 2 rings (SSSR count). The first-order chi connectivity index (χ1) is 12.0. The summed E-state index contributed by atoms with van der Waals surface area (Å²) in [7, 11) is 5.26. The molecule has 1 amide bonds. The maximum absolute atomic E-state index is 12.6. The van der Waals surface area contributed by atoms with Gasteiger partial charge in [0.25, 0.3) is 0 Å². The Morgan fingerprint density at radius 1 is 1.28 bits per heavy atom. The first-order valence-electron chi connectivity index (χ1n) is 9.17. The number of benzene rings is 1. The summed E-state index contributed by atoms with van der Waals surface area (Å²) < 4.78 is 10.7. The van der Waals surface area contributed by atoms with Crippen LogP contribution in [0, 0.1) is 5.92 Å². The van der Waals surface area contributed by atoms with Crippen molar-refractivity contribution in [1.82, 2.24) is 10.2 Å². The quantitative estimate of drug-likeness (QED) is 0.822. The van der Waals surface area contributed by atoms with Crippen molar-refractivity contribution < 1.29 is 14.3 Å². The average molecular weight is 348 g/mol. The van der Waals surface area contributed by atoms with Gasteiger partial charge in [0.05, 0.1) is 20.3 Å². The molecule has 140 valence electrons. The number of ether oxygens (including phenoxy) is 2. The minimum absolute atomic E-state index is 0.105. The van der Waals surface area contributed by atoms with Crippen LogP contribution < -0.4 is 14.8 Å². The molecule has 1 N–H and O–H groups in total. The Kier molecular flexibility index (Phi) is 7.12. The molecule has 0 spiro atoms. The first kappa shape index (κ1) is 19.6. The topological polar surface area (TPSA) is 50.8 Å². The van der Waals surface area contributed by atoms with E-state index in [1.54, 1.807) is 14.2 Å². The molecule has 1 aliphatic carbocycles. The average Bonchev–Trinajstić information content (AvgIpc) is 2.63. The zero-order valence-electron chi connectivity index (χ0n) is 16.2. The van der Waals surface area contributed by atoms with E-state index in [0.717, 1.165) is 23.5 Å². The molecule has 1 aliphatic rings. The Hall–Kier alpha value is -1.75. The van der Waals surface area contributed by atoms with Crippen molar-refractivity contribution in [2.45, 2.75) is 58.2 Å². The van der Waals surface area contributed by atoms with Gasteiger partial charge in [-0.05, 0) is 38.8 Å². The number of amides is 1. The van der Waals surface area contributed by atoms with Crippen molar-refractivity contribution in [3.05, 3.63) is 23.8 Å². The van der Waals surface area contributed by atoms with Crippen molar-refractivity contribution in [3.63, 3.8) is 0 Å². The fourth-order valence-electron chi connectivity index (χ4n) is 3.42. The Bertz CT molecular complexity index is 576. The molecule has 3 atom stereocenters. The number of rotatable bonds is 7. The fourth-order valence-corrected chi connectivity index (χ4v) is 3.42. The van der Waals surface area contributed by atoms with E-state index in [0.29, 0.717) is 18.5 Å². The SMILES string of the molecule is COc1ccc(CN(C)[C@H](C)C(=O)N[C@@H]2CCCC[C@@H]2C)c(OC)c1. The van der Waals surface area contributed by atoms with Crippen molar-refractivity contribution >= 4 is 5.91 Å².